The normalized spacial score (nSPS) is 12.1. The zero-order valence-corrected chi connectivity index (χ0v) is 33.4. The van der Waals surface area contributed by atoms with Gasteiger partial charge in [0.25, 0.3) is 0 Å². The summed E-state index contributed by atoms with van der Waals surface area (Å²) in [7, 11) is -2.87. The van der Waals surface area contributed by atoms with Gasteiger partial charge in [-0.05, 0) is 81.4 Å². The van der Waals surface area contributed by atoms with Crippen LogP contribution in [0.5, 0.6) is 0 Å². The van der Waals surface area contributed by atoms with Gasteiger partial charge in [-0.2, -0.15) is 0 Å². The van der Waals surface area contributed by atoms with Crippen LogP contribution in [-0.2, 0) is 0 Å². The van der Waals surface area contributed by atoms with Gasteiger partial charge in [0.2, 0.25) is 0 Å². The molecule has 0 unspecified atom stereocenters. The largest absolute Gasteiger partial charge is 0.309 e. The van der Waals surface area contributed by atoms with Crippen molar-refractivity contribution in [3.63, 3.8) is 0 Å². The third-order valence-corrected chi connectivity index (χ3v) is 18.2. The monoisotopic (exact) mass is 772 g/mol. The highest BCUT2D eigenvalue weighted by molar-refractivity contribution is 7.26. The van der Waals surface area contributed by atoms with Gasteiger partial charge in [0.15, 0.2) is 8.07 Å². The average molecular weight is 773 g/mol. The summed E-state index contributed by atoms with van der Waals surface area (Å²) in [6.45, 7) is 0. The number of aromatic nitrogens is 2. The maximum Gasteiger partial charge on any atom is 0.179 e. The van der Waals surface area contributed by atoms with Crippen LogP contribution >= 0.6 is 11.3 Å². The summed E-state index contributed by atoms with van der Waals surface area (Å²) >= 11 is 1.88. The molecule has 0 N–H and O–H groups in total. The summed E-state index contributed by atoms with van der Waals surface area (Å²) in [4.78, 5) is 0. The molecule has 12 aromatic rings. The molecule has 0 bridgehead atoms. The molecule has 4 heteroatoms. The molecular weight excluding hydrogens is 737 g/mol. The van der Waals surface area contributed by atoms with Crippen LogP contribution < -0.4 is 20.7 Å². The van der Waals surface area contributed by atoms with E-state index >= 15 is 0 Å². The van der Waals surface area contributed by atoms with Crippen molar-refractivity contribution in [1.29, 1.82) is 0 Å². The predicted octanol–water partition coefficient (Wildman–Crippen LogP) is 11.6. The molecule has 0 spiro atoms. The second kappa shape index (κ2) is 13.0. The summed E-state index contributed by atoms with van der Waals surface area (Å²) in [5.74, 6) is 0. The molecule has 2 nitrogen and oxygen atoms in total. The third-order valence-electron chi connectivity index (χ3n) is 12.3. The van der Waals surface area contributed by atoms with Crippen molar-refractivity contribution in [1.82, 2.24) is 9.13 Å². The molecule has 0 aliphatic heterocycles. The summed E-state index contributed by atoms with van der Waals surface area (Å²) in [5.41, 5.74) is 7.24. The van der Waals surface area contributed by atoms with Crippen LogP contribution in [-0.4, -0.2) is 17.2 Å². The molecule has 0 saturated heterocycles. The Morgan fingerprint density at radius 3 is 1.38 bits per heavy atom. The lowest BCUT2D eigenvalue weighted by molar-refractivity contribution is 1.18. The van der Waals surface area contributed by atoms with Gasteiger partial charge in [-0.3, -0.25) is 0 Å². The van der Waals surface area contributed by atoms with Crippen molar-refractivity contribution >= 4 is 104 Å². The first kappa shape index (κ1) is 33.2. The molecule has 0 aliphatic rings. The van der Waals surface area contributed by atoms with Gasteiger partial charge in [-0.1, -0.05) is 158 Å². The molecule has 0 atom stereocenters. The molecular formula is C54H36N2SSi. The van der Waals surface area contributed by atoms with Crippen LogP contribution in [0.3, 0.4) is 0 Å². The highest BCUT2D eigenvalue weighted by Gasteiger charge is 2.41. The number of nitrogens with zero attached hydrogens (tertiary/aromatic N) is 2. The van der Waals surface area contributed by atoms with E-state index in [-0.39, 0.29) is 0 Å². The Labute approximate surface area is 341 Å². The number of fused-ring (bicyclic) bond motifs is 9. The number of thiophene rings is 1. The maximum atomic E-state index is 2.47. The van der Waals surface area contributed by atoms with Gasteiger partial charge < -0.3 is 9.13 Å². The van der Waals surface area contributed by atoms with Crippen LogP contribution in [0.25, 0.3) is 75.2 Å². The Morgan fingerprint density at radius 1 is 0.276 bits per heavy atom. The van der Waals surface area contributed by atoms with Crippen LogP contribution in [0.1, 0.15) is 0 Å². The topological polar surface area (TPSA) is 9.86 Å². The zero-order valence-electron chi connectivity index (χ0n) is 31.6. The second-order valence-corrected chi connectivity index (χ2v) is 20.2. The molecule has 0 fully saturated rings. The smallest absolute Gasteiger partial charge is 0.179 e. The van der Waals surface area contributed by atoms with Gasteiger partial charge in [0.05, 0.1) is 22.1 Å². The standard InChI is InChI=1S/C54H36N2SSi/c1-3-17-39(18-4-1)58(40-19-5-2-6-20-40,42-21-15-16-38(34-42)56-49-26-11-7-22-43(49)44-23-8-12-27-50(44)56)41-32-30-37(31-33-41)55-51-28-13-9-24-45(51)47-35-48-46-25-10-14-29-53(46)57-54(48)36-52(47)55/h1-36H. The molecule has 12 rings (SSSR count). The van der Waals surface area contributed by atoms with E-state index in [0.29, 0.717) is 0 Å². The van der Waals surface area contributed by atoms with E-state index in [9.17, 15) is 0 Å². The van der Waals surface area contributed by atoms with E-state index in [0.717, 1.165) is 0 Å². The highest BCUT2D eigenvalue weighted by atomic mass is 32.1. The fourth-order valence-corrected chi connectivity index (χ4v) is 15.7. The first-order chi connectivity index (χ1) is 28.8. The number of benzene rings is 9. The first-order valence-electron chi connectivity index (χ1n) is 19.9. The van der Waals surface area contributed by atoms with Gasteiger partial charge >= 0.3 is 0 Å². The van der Waals surface area contributed by atoms with E-state index < -0.39 is 8.07 Å². The SMILES string of the molecule is c1ccc([Si](c2ccccc2)(c2ccc(-n3c4ccccc4c4cc5c(cc43)sc3ccccc35)cc2)c2cccc(-n3c4ccccc4c4ccccc43)c2)cc1. The van der Waals surface area contributed by atoms with Crippen molar-refractivity contribution in [2.45, 2.75) is 0 Å². The quantitative estimate of drug-likeness (QED) is 0.118. The minimum Gasteiger partial charge on any atom is -0.309 e. The van der Waals surface area contributed by atoms with Crippen LogP contribution in [0.15, 0.2) is 218 Å². The van der Waals surface area contributed by atoms with E-state index in [1.54, 1.807) is 0 Å². The molecule has 9 aromatic carbocycles. The molecule has 272 valence electrons. The number of hydrogen-bond acceptors (Lipinski definition) is 1. The van der Waals surface area contributed by atoms with Crippen LogP contribution in [0.2, 0.25) is 0 Å². The molecule has 0 aliphatic carbocycles. The lowest BCUT2D eigenvalue weighted by atomic mass is 10.1. The van der Waals surface area contributed by atoms with Gasteiger partial charge in [0.1, 0.15) is 0 Å². The molecule has 0 amide bonds. The van der Waals surface area contributed by atoms with Crippen LogP contribution in [0, 0.1) is 0 Å². The molecule has 0 radical (unpaired) electrons. The first-order valence-corrected chi connectivity index (χ1v) is 22.7. The molecule has 3 aromatic heterocycles. The summed E-state index contributed by atoms with van der Waals surface area (Å²) < 4.78 is 7.56. The Kier molecular flexibility index (Phi) is 7.46. The molecule has 58 heavy (non-hydrogen) atoms. The van der Waals surface area contributed by atoms with Crippen molar-refractivity contribution in [3.05, 3.63) is 218 Å². The van der Waals surface area contributed by atoms with Crippen molar-refractivity contribution in [2.75, 3.05) is 0 Å². The van der Waals surface area contributed by atoms with Gasteiger partial charge in [0, 0.05) is 53.1 Å². The summed E-state index contributed by atoms with van der Waals surface area (Å²) in [6.07, 6.45) is 0. The van der Waals surface area contributed by atoms with Crippen molar-refractivity contribution in [2.24, 2.45) is 0 Å². The molecule has 3 heterocycles. The van der Waals surface area contributed by atoms with E-state index in [1.807, 2.05) is 11.3 Å². The minimum atomic E-state index is -2.87. The summed E-state index contributed by atoms with van der Waals surface area (Å²) in [6, 6.07) is 81.5. The minimum absolute atomic E-state index is 1.17. The lowest BCUT2D eigenvalue weighted by Gasteiger charge is -2.35. The Balaban J connectivity index is 1.10. The average Bonchev–Trinajstić information content (AvgIpc) is 3.94. The number of hydrogen-bond donors (Lipinski definition) is 0. The van der Waals surface area contributed by atoms with E-state index in [1.165, 1.54) is 95.9 Å². The summed E-state index contributed by atoms with van der Waals surface area (Å²) in [5, 5.41) is 13.2. The van der Waals surface area contributed by atoms with Gasteiger partial charge in [-0.15, -0.1) is 11.3 Å². The molecule has 0 saturated carbocycles. The lowest BCUT2D eigenvalue weighted by Crippen LogP contribution is -2.74. The number of para-hydroxylation sites is 3. The zero-order chi connectivity index (χ0) is 38.2. The van der Waals surface area contributed by atoms with Crippen molar-refractivity contribution < 1.29 is 0 Å². The second-order valence-electron chi connectivity index (χ2n) is 15.3. The van der Waals surface area contributed by atoms with E-state index in [2.05, 4.69) is 228 Å². The maximum absolute atomic E-state index is 2.87. The fraction of sp³-hybridized carbons (Fsp3) is 0. The highest BCUT2D eigenvalue weighted by Crippen LogP contribution is 2.40. The predicted molar refractivity (Wildman–Crippen MR) is 252 cm³/mol. The van der Waals surface area contributed by atoms with Crippen LogP contribution in [0.4, 0.5) is 0 Å². The van der Waals surface area contributed by atoms with Crippen molar-refractivity contribution in [3.8, 4) is 11.4 Å². The third kappa shape index (κ3) is 4.83. The Morgan fingerprint density at radius 2 is 0.759 bits per heavy atom. The Hall–Kier alpha value is -6.98. The number of rotatable bonds is 6. The van der Waals surface area contributed by atoms with E-state index in [4.69, 9.17) is 0 Å². The van der Waals surface area contributed by atoms with Gasteiger partial charge in [-0.25, -0.2) is 0 Å². The fourth-order valence-electron chi connectivity index (χ4n) is 9.78. The Bertz CT molecular complexity index is 3410.